The fourth-order valence-corrected chi connectivity index (χ4v) is 1.44. The molecule has 0 atom stereocenters. The van der Waals surface area contributed by atoms with Gasteiger partial charge >= 0.3 is 5.97 Å². The first kappa shape index (κ1) is 13.5. The van der Waals surface area contributed by atoms with E-state index >= 15 is 0 Å². The predicted molar refractivity (Wildman–Crippen MR) is 65.1 cm³/mol. The molecule has 4 nitrogen and oxygen atoms in total. The van der Waals surface area contributed by atoms with Crippen molar-refractivity contribution in [3.63, 3.8) is 0 Å². The van der Waals surface area contributed by atoms with Crippen molar-refractivity contribution < 1.29 is 14.3 Å². The van der Waals surface area contributed by atoms with Crippen LogP contribution in [0.3, 0.4) is 0 Å². The molecule has 1 aromatic heterocycles. The van der Waals surface area contributed by atoms with Crippen molar-refractivity contribution in [1.82, 2.24) is 4.98 Å². The SMILES string of the molecule is CCC(CC)COc1cccc(C(=O)OC)n1. The summed E-state index contributed by atoms with van der Waals surface area (Å²) in [5.41, 5.74) is 0.273. The van der Waals surface area contributed by atoms with Crippen LogP contribution in [0, 0.1) is 5.92 Å². The molecule has 17 heavy (non-hydrogen) atoms. The zero-order chi connectivity index (χ0) is 12.7. The second-order valence-corrected chi connectivity index (χ2v) is 3.85. The van der Waals surface area contributed by atoms with Gasteiger partial charge in [0.2, 0.25) is 5.88 Å². The summed E-state index contributed by atoms with van der Waals surface area (Å²) in [4.78, 5) is 15.4. The summed E-state index contributed by atoms with van der Waals surface area (Å²) in [7, 11) is 1.34. The van der Waals surface area contributed by atoms with Crippen LogP contribution in [-0.4, -0.2) is 24.7 Å². The second kappa shape index (κ2) is 6.89. The Bertz CT molecular complexity index is 361. The van der Waals surface area contributed by atoms with Gasteiger partial charge in [0.25, 0.3) is 0 Å². The molecule has 0 radical (unpaired) electrons. The summed E-state index contributed by atoms with van der Waals surface area (Å²) in [5.74, 6) is 0.552. The Morgan fingerprint density at radius 3 is 2.65 bits per heavy atom. The fourth-order valence-electron chi connectivity index (χ4n) is 1.44. The molecular weight excluding hydrogens is 218 g/mol. The van der Waals surface area contributed by atoms with Crippen LogP contribution in [0.5, 0.6) is 5.88 Å². The summed E-state index contributed by atoms with van der Waals surface area (Å²) in [5, 5.41) is 0. The van der Waals surface area contributed by atoms with Crippen molar-refractivity contribution in [2.24, 2.45) is 5.92 Å². The first-order valence-electron chi connectivity index (χ1n) is 5.89. The van der Waals surface area contributed by atoms with Gasteiger partial charge in [0.1, 0.15) is 0 Å². The van der Waals surface area contributed by atoms with Crippen LogP contribution < -0.4 is 4.74 Å². The number of hydrogen-bond acceptors (Lipinski definition) is 4. The number of methoxy groups -OCH3 is 1. The summed E-state index contributed by atoms with van der Waals surface area (Å²) in [6, 6.07) is 5.09. The van der Waals surface area contributed by atoms with E-state index in [1.165, 1.54) is 7.11 Å². The van der Waals surface area contributed by atoms with Gasteiger partial charge < -0.3 is 9.47 Å². The molecule has 0 amide bonds. The van der Waals surface area contributed by atoms with Gasteiger partial charge in [0.15, 0.2) is 5.69 Å². The number of carbonyl (C=O) groups is 1. The average Bonchev–Trinajstić information content (AvgIpc) is 2.39. The molecule has 0 saturated carbocycles. The minimum Gasteiger partial charge on any atom is -0.477 e. The smallest absolute Gasteiger partial charge is 0.356 e. The first-order chi connectivity index (χ1) is 8.21. The van der Waals surface area contributed by atoms with Gasteiger partial charge in [-0.1, -0.05) is 32.8 Å². The molecule has 0 spiro atoms. The lowest BCUT2D eigenvalue weighted by Crippen LogP contribution is -2.12. The van der Waals surface area contributed by atoms with E-state index in [-0.39, 0.29) is 5.69 Å². The molecule has 0 fully saturated rings. The number of hydrogen-bond donors (Lipinski definition) is 0. The maximum atomic E-state index is 11.3. The molecule has 1 aromatic rings. The number of nitrogens with zero attached hydrogens (tertiary/aromatic N) is 1. The molecule has 0 saturated heterocycles. The minimum absolute atomic E-state index is 0.273. The Labute approximate surface area is 102 Å². The Hall–Kier alpha value is -1.58. The quantitative estimate of drug-likeness (QED) is 0.714. The second-order valence-electron chi connectivity index (χ2n) is 3.85. The fraction of sp³-hybridized carbons (Fsp3) is 0.538. The standard InChI is InChI=1S/C13H19NO3/c1-4-10(5-2)9-17-12-8-6-7-11(14-12)13(15)16-3/h6-8,10H,4-5,9H2,1-3H3. The minimum atomic E-state index is -0.446. The van der Waals surface area contributed by atoms with Crippen LogP contribution in [0.15, 0.2) is 18.2 Å². The third-order valence-electron chi connectivity index (χ3n) is 2.74. The molecule has 1 rings (SSSR count). The summed E-state index contributed by atoms with van der Waals surface area (Å²) >= 11 is 0. The third kappa shape index (κ3) is 4.06. The van der Waals surface area contributed by atoms with Crippen molar-refractivity contribution in [2.75, 3.05) is 13.7 Å². The highest BCUT2D eigenvalue weighted by Crippen LogP contribution is 2.13. The number of pyridine rings is 1. The highest BCUT2D eigenvalue weighted by molar-refractivity contribution is 5.87. The van der Waals surface area contributed by atoms with Crippen LogP contribution >= 0.6 is 0 Å². The van der Waals surface area contributed by atoms with Gasteiger partial charge in [-0.2, -0.15) is 0 Å². The largest absolute Gasteiger partial charge is 0.477 e. The maximum Gasteiger partial charge on any atom is 0.356 e. The molecule has 1 heterocycles. The van der Waals surface area contributed by atoms with Gasteiger partial charge in [-0.3, -0.25) is 0 Å². The molecule has 0 unspecified atom stereocenters. The average molecular weight is 237 g/mol. The van der Waals surface area contributed by atoms with Crippen LogP contribution in [0.4, 0.5) is 0 Å². The molecule has 0 bridgehead atoms. The lowest BCUT2D eigenvalue weighted by Gasteiger charge is -2.13. The number of ether oxygens (including phenoxy) is 2. The van der Waals surface area contributed by atoms with Crippen molar-refractivity contribution in [3.05, 3.63) is 23.9 Å². The Balaban J connectivity index is 2.62. The normalized spacial score (nSPS) is 10.4. The Morgan fingerprint density at radius 2 is 2.06 bits per heavy atom. The lowest BCUT2D eigenvalue weighted by molar-refractivity contribution is 0.0592. The molecule has 0 aliphatic heterocycles. The molecule has 0 aliphatic rings. The zero-order valence-electron chi connectivity index (χ0n) is 10.6. The van der Waals surface area contributed by atoms with Gasteiger partial charge in [-0.15, -0.1) is 0 Å². The maximum absolute atomic E-state index is 11.3. The topological polar surface area (TPSA) is 48.4 Å². The van der Waals surface area contributed by atoms with Crippen molar-refractivity contribution in [1.29, 1.82) is 0 Å². The summed E-state index contributed by atoms with van der Waals surface area (Å²) in [6.07, 6.45) is 2.15. The molecule has 94 valence electrons. The van der Waals surface area contributed by atoms with Crippen LogP contribution in [0.2, 0.25) is 0 Å². The van der Waals surface area contributed by atoms with Gasteiger partial charge in [-0.25, -0.2) is 9.78 Å². The van der Waals surface area contributed by atoms with Crippen molar-refractivity contribution in [2.45, 2.75) is 26.7 Å². The van der Waals surface area contributed by atoms with Crippen LogP contribution in [-0.2, 0) is 4.74 Å². The van der Waals surface area contributed by atoms with Crippen molar-refractivity contribution in [3.8, 4) is 5.88 Å². The molecule has 0 N–H and O–H groups in total. The van der Waals surface area contributed by atoms with E-state index in [1.807, 2.05) is 0 Å². The predicted octanol–water partition coefficient (Wildman–Crippen LogP) is 2.68. The van der Waals surface area contributed by atoms with Crippen LogP contribution in [0.25, 0.3) is 0 Å². The lowest BCUT2D eigenvalue weighted by atomic mass is 10.1. The zero-order valence-corrected chi connectivity index (χ0v) is 10.6. The number of carbonyl (C=O) groups excluding carboxylic acids is 1. The van der Waals surface area contributed by atoms with Gasteiger partial charge in [0.05, 0.1) is 13.7 Å². The highest BCUT2D eigenvalue weighted by atomic mass is 16.5. The van der Waals surface area contributed by atoms with E-state index in [0.717, 1.165) is 12.8 Å². The summed E-state index contributed by atoms with van der Waals surface area (Å²) < 4.78 is 10.2. The molecule has 0 aliphatic carbocycles. The van der Waals surface area contributed by atoms with E-state index in [0.29, 0.717) is 18.4 Å². The monoisotopic (exact) mass is 237 g/mol. The summed E-state index contributed by atoms with van der Waals surface area (Å²) in [6.45, 7) is 4.90. The number of aromatic nitrogens is 1. The van der Waals surface area contributed by atoms with Crippen molar-refractivity contribution >= 4 is 5.97 Å². The molecule has 4 heteroatoms. The number of rotatable bonds is 6. The van der Waals surface area contributed by atoms with E-state index < -0.39 is 5.97 Å². The van der Waals surface area contributed by atoms with E-state index in [1.54, 1.807) is 18.2 Å². The van der Waals surface area contributed by atoms with Gasteiger partial charge in [-0.05, 0) is 12.0 Å². The highest BCUT2D eigenvalue weighted by Gasteiger charge is 2.09. The molecular formula is C13H19NO3. The molecule has 0 aromatic carbocycles. The third-order valence-corrected chi connectivity index (χ3v) is 2.74. The number of esters is 1. The van der Waals surface area contributed by atoms with E-state index in [9.17, 15) is 4.79 Å². The van der Waals surface area contributed by atoms with E-state index in [2.05, 4.69) is 23.6 Å². The van der Waals surface area contributed by atoms with E-state index in [4.69, 9.17) is 4.74 Å². The first-order valence-corrected chi connectivity index (χ1v) is 5.89. The Kier molecular flexibility index (Phi) is 5.46. The van der Waals surface area contributed by atoms with Crippen LogP contribution in [0.1, 0.15) is 37.2 Å². The van der Waals surface area contributed by atoms with Gasteiger partial charge in [0, 0.05) is 6.07 Å². The Morgan fingerprint density at radius 1 is 1.35 bits per heavy atom.